The number of benzene rings is 1. The van der Waals surface area contributed by atoms with Gasteiger partial charge < -0.3 is 10.6 Å². The van der Waals surface area contributed by atoms with Crippen LogP contribution in [0.2, 0.25) is 0 Å². The van der Waals surface area contributed by atoms with E-state index in [2.05, 4.69) is 26.7 Å². The van der Waals surface area contributed by atoms with Gasteiger partial charge in [0, 0.05) is 16.8 Å². The first-order chi connectivity index (χ1) is 12.0. The summed E-state index contributed by atoms with van der Waals surface area (Å²) < 4.78 is 0. The van der Waals surface area contributed by atoms with E-state index in [0.29, 0.717) is 0 Å². The van der Waals surface area contributed by atoms with Crippen molar-refractivity contribution in [2.45, 2.75) is 27.2 Å². The Labute approximate surface area is 151 Å². The summed E-state index contributed by atoms with van der Waals surface area (Å²) in [7, 11) is 0. The Morgan fingerprint density at radius 1 is 1.12 bits per heavy atom. The number of hydrogen-bond acceptors (Lipinski definition) is 5. The third kappa shape index (κ3) is 4.64. The molecule has 0 atom stereocenters. The lowest BCUT2D eigenvalue weighted by Crippen LogP contribution is -2.15. The van der Waals surface area contributed by atoms with E-state index in [-0.39, 0.29) is 12.3 Å². The van der Waals surface area contributed by atoms with E-state index in [4.69, 9.17) is 0 Å². The van der Waals surface area contributed by atoms with Gasteiger partial charge in [-0.05, 0) is 44.5 Å². The number of rotatable bonds is 5. The van der Waals surface area contributed by atoms with Crippen LogP contribution in [-0.4, -0.2) is 15.9 Å². The second kappa shape index (κ2) is 7.44. The molecular formula is C19H20N4OS. The van der Waals surface area contributed by atoms with E-state index in [1.165, 1.54) is 16.9 Å². The molecule has 0 bridgehead atoms. The molecular weight excluding hydrogens is 332 g/mol. The van der Waals surface area contributed by atoms with Gasteiger partial charge in [-0.25, -0.2) is 9.97 Å². The second-order valence-electron chi connectivity index (χ2n) is 5.98. The summed E-state index contributed by atoms with van der Waals surface area (Å²) in [5.74, 6) is 0.679. The summed E-state index contributed by atoms with van der Waals surface area (Å²) in [4.78, 5) is 21.1. The van der Waals surface area contributed by atoms with Crippen LogP contribution in [0.25, 0.3) is 0 Å². The fourth-order valence-electron chi connectivity index (χ4n) is 2.48. The summed E-state index contributed by atoms with van der Waals surface area (Å²) in [5, 5.41) is 8.73. The highest BCUT2D eigenvalue weighted by atomic mass is 32.1. The lowest BCUT2D eigenvalue weighted by Gasteiger charge is -2.08. The topological polar surface area (TPSA) is 66.9 Å². The minimum absolute atomic E-state index is 0.0718. The molecule has 0 saturated heterocycles. The first-order valence-electron chi connectivity index (χ1n) is 8.02. The molecule has 1 aromatic carbocycles. The molecule has 0 spiro atoms. The number of anilines is 3. The summed E-state index contributed by atoms with van der Waals surface area (Å²) in [5.41, 5.74) is 4.75. The fraction of sp³-hybridized carbons (Fsp3) is 0.211. The van der Waals surface area contributed by atoms with Crippen LogP contribution in [0.15, 0.2) is 41.8 Å². The number of carbonyl (C=O) groups is 1. The largest absolute Gasteiger partial charge is 0.326 e. The molecule has 1 amide bonds. The van der Waals surface area contributed by atoms with Crippen molar-refractivity contribution in [3.63, 3.8) is 0 Å². The van der Waals surface area contributed by atoms with Crippen LogP contribution in [0.4, 0.5) is 16.6 Å². The number of aromatic nitrogens is 2. The summed E-state index contributed by atoms with van der Waals surface area (Å²) in [6.07, 6.45) is 0.243. The molecule has 0 radical (unpaired) electrons. The molecule has 0 saturated carbocycles. The van der Waals surface area contributed by atoms with Gasteiger partial charge in [-0.1, -0.05) is 23.8 Å². The first-order valence-corrected chi connectivity index (χ1v) is 8.90. The molecule has 128 valence electrons. The van der Waals surface area contributed by atoms with Crippen molar-refractivity contribution in [1.82, 2.24) is 9.97 Å². The van der Waals surface area contributed by atoms with Crippen molar-refractivity contribution in [1.29, 1.82) is 0 Å². The van der Waals surface area contributed by atoms with Crippen LogP contribution in [0.5, 0.6) is 0 Å². The van der Waals surface area contributed by atoms with Gasteiger partial charge in [0.05, 0.1) is 12.1 Å². The number of nitrogens with one attached hydrogen (secondary N) is 2. The van der Waals surface area contributed by atoms with Crippen molar-refractivity contribution in [3.8, 4) is 0 Å². The smallest absolute Gasteiger partial charge is 0.230 e. The molecule has 2 aromatic heterocycles. The second-order valence-corrected chi connectivity index (χ2v) is 6.83. The van der Waals surface area contributed by atoms with Gasteiger partial charge in [0.15, 0.2) is 5.13 Å². The highest BCUT2D eigenvalue weighted by molar-refractivity contribution is 7.13. The molecule has 6 heteroatoms. The van der Waals surface area contributed by atoms with E-state index in [1.807, 2.05) is 56.5 Å². The summed E-state index contributed by atoms with van der Waals surface area (Å²) >= 11 is 1.46. The van der Waals surface area contributed by atoms with Crippen molar-refractivity contribution in [2.24, 2.45) is 0 Å². The van der Waals surface area contributed by atoms with Crippen LogP contribution in [0.3, 0.4) is 0 Å². The number of nitrogens with zero attached hydrogens (tertiary/aromatic N) is 2. The maximum atomic E-state index is 12.3. The summed E-state index contributed by atoms with van der Waals surface area (Å²) in [6.45, 7) is 5.96. The minimum Gasteiger partial charge on any atom is -0.326 e. The molecule has 0 fully saturated rings. The Morgan fingerprint density at radius 3 is 2.72 bits per heavy atom. The monoisotopic (exact) mass is 352 g/mol. The molecule has 0 aliphatic heterocycles. The van der Waals surface area contributed by atoms with Gasteiger partial charge >= 0.3 is 0 Å². The quantitative estimate of drug-likeness (QED) is 0.715. The number of pyridine rings is 1. The molecule has 3 aromatic rings. The number of carbonyl (C=O) groups excluding carboxylic acids is 1. The molecule has 5 nitrogen and oxygen atoms in total. The predicted molar refractivity (Wildman–Crippen MR) is 103 cm³/mol. The molecule has 2 heterocycles. The van der Waals surface area contributed by atoms with Crippen molar-refractivity contribution < 1.29 is 4.79 Å². The average molecular weight is 352 g/mol. The van der Waals surface area contributed by atoms with E-state index < -0.39 is 0 Å². The van der Waals surface area contributed by atoms with Crippen LogP contribution >= 0.6 is 11.3 Å². The lowest BCUT2D eigenvalue weighted by molar-refractivity contribution is -0.115. The van der Waals surface area contributed by atoms with Crippen LogP contribution in [-0.2, 0) is 11.2 Å². The van der Waals surface area contributed by atoms with E-state index in [9.17, 15) is 4.79 Å². The zero-order valence-electron chi connectivity index (χ0n) is 14.5. The highest BCUT2D eigenvalue weighted by Crippen LogP contribution is 2.21. The Hall–Kier alpha value is -2.73. The standard InChI is InChI=1S/C19H20N4OS/c1-12-7-8-16(13(2)9-12)22-18(24)10-15-11-25-19(21-15)23-17-6-4-5-14(3)20-17/h4-9,11H,10H2,1-3H3,(H,22,24)(H,20,21,23). The Kier molecular flexibility index (Phi) is 5.09. The maximum Gasteiger partial charge on any atom is 0.230 e. The Morgan fingerprint density at radius 2 is 1.96 bits per heavy atom. The van der Waals surface area contributed by atoms with Gasteiger partial charge in [0.25, 0.3) is 0 Å². The molecule has 0 aliphatic carbocycles. The first kappa shape index (κ1) is 17.1. The number of aryl methyl sites for hydroxylation is 3. The minimum atomic E-state index is -0.0718. The third-order valence-corrected chi connectivity index (χ3v) is 4.48. The zero-order chi connectivity index (χ0) is 17.8. The van der Waals surface area contributed by atoms with Gasteiger partial charge in [-0.2, -0.15) is 0 Å². The van der Waals surface area contributed by atoms with Crippen molar-refractivity contribution in [3.05, 3.63) is 64.3 Å². The molecule has 0 aliphatic rings. The van der Waals surface area contributed by atoms with Crippen LogP contribution in [0.1, 0.15) is 22.5 Å². The van der Waals surface area contributed by atoms with Gasteiger partial charge in [-0.15, -0.1) is 11.3 Å². The Balaban J connectivity index is 1.61. The number of thiazole rings is 1. The number of amides is 1. The van der Waals surface area contributed by atoms with Crippen molar-refractivity contribution in [2.75, 3.05) is 10.6 Å². The zero-order valence-corrected chi connectivity index (χ0v) is 15.3. The maximum absolute atomic E-state index is 12.3. The van der Waals surface area contributed by atoms with E-state index >= 15 is 0 Å². The van der Waals surface area contributed by atoms with Crippen molar-refractivity contribution >= 4 is 33.9 Å². The molecule has 25 heavy (non-hydrogen) atoms. The predicted octanol–water partition coefficient (Wildman–Crippen LogP) is 4.39. The van der Waals surface area contributed by atoms with Gasteiger partial charge in [0.1, 0.15) is 5.82 Å². The fourth-order valence-corrected chi connectivity index (χ4v) is 3.20. The van der Waals surface area contributed by atoms with Crippen LogP contribution < -0.4 is 10.6 Å². The molecule has 2 N–H and O–H groups in total. The van der Waals surface area contributed by atoms with Crippen LogP contribution in [0, 0.1) is 20.8 Å². The molecule has 3 rings (SSSR count). The molecule has 0 unspecified atom stereocenters. The third-order valence-electron chi connectivity index (χ3n) is 3.67. The van der Waals surface area contributed by atoms with E-state index in [0.717, 1.165) is 33.6 Å². The highest BCUT2D eigenvalue weighted by Gasteiger charge is 2.10. The SMILES string of the molecule is Cc1ccc(NC(=O)Cc2csc(Nc3cccc(C)n3)n2)c(C)c1. The average Bonchev–Trinajstić information content (AvgIpc) is 2.97. The summed E-state index contributed by atoms with van der Waals surface area (Å²) in [6, 6.07) is 11.7. The van der Waals surface area contributed by atoms with Gasteiger partial charge in [0.2, 0.25) is 5.91 Å². The Bertz CT molecular complexity index is 904. The van der Waals surface area contributed by atoms with E-state index in [1.54, 1.807) is 0 Å². The normalized spacial score (nSPS) is 10.5. The lowest BCUT2D eigenvalue weighted by atomic mass is 10.1. The van der Waals surface area contributed by atoms with Gasteiger partial charge in [-0.3, -0.25) is 4.79 Å². The number of hydrogen-bond donors (Lipinski definition) is 2.